The zero-order chi connectivity index (χ0) is 18.8. The standard InChI is InChI=1S/C21H21ClN2O2S/c1-14-18(23-21(26-14)19-3-2-12-27-19)13-24-10-8-16(9-11-24)20(25)15-4-6-17(22)7-5-15/h2-7,12,16H,8-11,13H2,1H3. The van der Waals surface area contributed by atoms with Gasteiger partial charge in [0, 0.05) is 23.0 Å². The van der Waals surface area contributed by atoms with Crippen LogP contribution in [-0.2, 0) is 6.54 Å². The van der Waals surface area contributed by atoms with Gasteiger partial charge >= 0.3 is 0 Å². The van der Waals surface area contributed by atoms with Crippen molar-refractivity contribution in [3.05, 3.63) is 63.8 Å². The zero-order valence-electron chi connectivity index (χ0n) is 15.2. The lowest BCUT2D eigenvalue weighted by atomic mass is 9.89. The second-order valence-corrected chi connectivity index (χ2v) is 8.30. The quantitative estimate of drug-likeness (QED) is 0.533. The van der Waals surface area contributed by atoms with E-state index in [4.69, 9.17) is 16.0 Å². The van der Waals surface area contributed by atoms with Crippen LogP contribution < -0.4 is 0 Å². The lowest BCUT2D eigenvalue weighted by Gasteiger charge is -2.30. The number of ketones is 1. The number of nitrogens with zero attached hydrogens (tertiary/aromatic N) is 2. The summed E-state index contributed by atoms with van der Waals surface area (Å²) in [4.78, 5) is 20.8. The van der Waals surface area contributed by atoms with Crippen molar-refractivity contribution in [2.45, 2.75) is 26.3 Å². The Bertz CT molecular complexity index is 910. The van der Waals surface area contributed by atoms with Gasteiger partial charge in [0.25, 0.3) is 0 Å². The second kappa shape index (κ2) is 7.97. The van der Waals surface area contributed by atoms with E-state index >= 15 is 0 Å². The van der Waals surface area contributed by atoms with E-state index in [1.807, 2.05) is 36.6 Å². The maximum absolute atomic E-state index is 12.7. The highest BCUT2D eigenvalue weighted by atomic mass is 35.5. The Morgan fingerprint density at radius 2 is 2.00 bits per heavy atom. The second-order valence-electron chi connectivity index (χ2n) is 6.92. The van der Waals surface area contributed by atoms with Gasteiger partial charge in [-0.3, -0.25) is 9.69 Å². The lowest BCUT2D eigenvalue weighted by Crippen LogP contribution is -2.36. The molecule has 1 aromatic carbocycles. The van der Waals surface area contributed by atoms with Gasteiger partial charge in [-0.25, -0.2) is 4.98 Å². The van der Waals surface area contributed by atoms with Crippen LogP contribution in [0.25, 0.3) is 10.8 Å². The molecular weight excluding hydrogens is 380 g/mol. The van der Waals surface area contributed by atoms with Crippen LogP contribution in [0.15, 0.2) is 46.2 Å². The smallest absolute Gasteiger partial charge is 0.236 e. The molecule has 140 valence electrons. The average molecular weight is 401 g/mol. The summed E-state index contributed by atoms with van der Waals surface area (Å²) in [6, 6.07) is 11.2. The normalized spacial score (nSPS) is 15.9. The van der Waals surface area contributed by atoms with Crippen molar-refractivity contribution in [1.82, 2.24) is 9.88 Å². The molecule has 1 aliphatic rings. The minimum Gasteiger partial charge on any atom is -0.440 e. The topological polar surface area (TPSA) is 46.3 Å². The molecule has 2 aromatic heterocycles. The fraction of sp³-hybridized carbons (Fsp3) is 0.333. The fourth-order valence-electron chi connectivity index (χ4n) is 3.50. The summed E-state index contributed by atoms with van der Waals surface area (Å²) in [5.74, 6) is 1.88. The van der Waals surface area contributed by atoms with Crippen molar-refractivity contribution in [1.29, 1.82) is 0 Å². The number of carbonyl (C=O) groups excluding carboxylic acids is 1. The first-order valence-corrected chi connectivity index (χ1v) is 10.4. The van der Waals surface area contributed by atoms with Crippen LogP contribution >= 0.6 is 22.9 Å². The predicted molar refractivity (Wildman–Crippen MR) is 108 cm³/mol. The molecule has 0 unspecified atom stereocenters. The summed E-state index contributed by atoms with van der Waals surface area (Å²) >= 11 is 7.55. The third-order valence-electron chi connectivity index (χ3n) is 5.09. The molecule has 0 saturated carbocycles. The number of benzene rings is 1. The molecule has 0 atom stereocenters. The number of hydrogen-bond acceptors (Lipinski definition) is 5. The number of aryl methyl sites for hydroxylation is 1. The number of thiophene rings is 1. The Morgan fingerprint density at radius 3 is 2.67 bits per heavy atom. The summed E-state index contributed by atoms with van der Waals surface area (Å²) in [5, 5.41) is 2.68. The van der Waals surface area contributed by atoms with Crippen molar-refractivity contribution < 1.29 is 9.21 Å². The highest BCUT2D eigenvalue weighted by Crippen LogP contribution is 2.28. The number of carbonyl (C=O) groups is 1. The van der Waals surface area contributed by atoms with E-state index < -0.39 is 0 Å². The van der Waals surface area contributed by atoms with Gasteiger partial charge < -0.3 is 4.42 Å². The lowest BCUT2D eigenvalue weighted by molar-refractivity contribution is 0.0833. The fourth-order valence-corrected chi connectivity index (χ4v) is 4.27. The third kappa shape index (κ3) is 4.15. The zero-order valence-corrected chi connectivity index (χ0v) is 16.7. The van der Waals surface area contributed by atoms with Gasteiger partial charge in [-0.2, -0.15) is 0 Å². The maximum Gasteiger partial charge on any atom is 0.236 e. The third-order valence-corrected chi connectivity index (χ3v) is 6.19. The Balaban J connectivity index is 1.36. The van der Waals surface area contributed by atoms with E-state index in [-0.39, 0.29) is 11.7 Å². The molecule has 0 amide bonds. The number of piperidine rings is 1. The number of Topliss-reactive ketones (excluding diaryl/α,β-unsaturated/α-hetero) is 1. The van der Waals surface area contributed by atoms with Gasteiger partial charge in [-0.15, -0.1) is 11.3 Å². The molecule has 6 heteroatoms. The first-order valence-electron chi connectivity index (χ1n) is 9.12. The molecule has 0 radical (unpaired) electrons. The van der Waals surface area contributed by atoms with Gasteiger partial charge in [0.05, 0.1) is 10.6 Å². The summed E-state index contributed by atoms with van der Waals surface area (Å²) in [6.07, 6.45) is 1.74. The molecule has 3 aromatic rings. The monoisotopic (exact) mass is 400 g/mol. The molecule has 0 N–H and O–H groups in total. The number of rotatable bonds is 5. The maximum atomic E-state index is 12.7. The summed E-state index contributed by atoms with van der Waals surface area (Å²) in [6.45, 7) is 4.52. The highest BCUT2D eigenvalue weighted by Gasteiger charge is 2.26. The molecule has 27 heavy (non-hydrogen) atoms. The van der Waals surface area contributed by atoms with Gasteiger partial charge in [0.1, 0.15) is 5.76 Å². The molecule has 1 aliphatic heterocycles. The number of aromatic nitrogens is 1. The van der Waals surface area contributed by atoms with E-state index in [1.165, 1.54) is 0 Å². The van der Waals surface area contributed by atoms with Crippen molar-refractivity contribution in [3.8, 4) is 10.8 Å². The summed E-state index contributed by atoms with van der Waals surface area (Å²) in [5.41, 5.74) is 1.74. The molecule has 4 rings (SSSR count). The summed E-state index contributed by atoms with van der Waals surface area (Å²) in [7, 11) is 0. The van der Waals surface area contributed by atoms with Crippen LogP contribution in [0.2, 0.25) is 5.02 Å². The van der Waals surface area contributed by atoms with E-state index in [0.717, 1.165) is 54.4 Å². The number of halogens is 1. The number of likely N-dealkylation sites (tertiary alicyclic amines) is 1. The molecule has 0 aliphatic carbocycles. The summed E-state index contributed by atoms with van der Waals surface area (Å²) < 4.78 is 5.84. The molecule has 1 fully saturated rings. The average Bonchev–Trinajstić information content (AvgIpc) is 3.33. The molecule has 0 bridgehead atoms. The van der Waals surface area contributed by atoms with E-state index in [2.05, 4.69) is 9.88 Å². The van der Waals surface area contributed by atoms with Crippen LogP contribution in [0.1, 0.15) is 34.7 Å². The largest absolute Gasteiger partial charge is 0.440 e. The SMILES string of the molecule is Cc1oc(-c2cccs2)nc1CN1CCC(C(=O)c2ccc(Cl)cc2)CC1. The molecule has 4 nitrogen and oxygen atoms in total. The van der Waals surface area contributed by atoms with Gasteiger partial charge in [-0.1, -0.05) is 17.7 Å². The Kier molecular flexibility index (Phi) is 5.43. The molecular formula is C21H21ClN2O2S. The molecule has 0 spiro atoms. The number of oxazole rings is 1. The minimum atomic E-state index is 0.0857. The van der Waals surface area contributed by atoms with E-state index in [0.29, 0.717) is 10.9 Å². The van der Waals surface area contributed by atoms with Gasteiger partial charge in [0.15, 0.2) is 5.78 Å². The Hall–Kier alpha value is -1.95. The minimum absolute atomic E-state index is 0.0857. The first kappa shape index (κ1) is 18.4. The Labute approximate surface area is 167 Å². The van der Waals surface area contributed by atoms with Crippen molar-refractivity contribution in [2.24, 2.45) is 5.92 Å². The molecule has 1 saturated heterocycles. The van der Waals surface area contributed by atoms with Crippen molar-refractivity contribution >= 4 is 28.7 Å². The predicted octanol–water partition coefficient (Wildman–Crippen LogP) is 5.46. The van der Waals surface area contributed by atoms with E-state index in [1.54, 1.807) is 23.5 Å². The van der Waals surface area contributed by atoms with Crippen molar-refractivity contribution in [3.63, 3.8) is 0 Å². The van der Waals surface area contributed by atoms with Crippen LogP contribution in [0.5, 0.6) is 0 Å². The first-order chi connectivity index (χ1) is 13.1. The molecule has 3 heterocycles. The van der Waals surface area contributed by atoms with E-state index in [9.17, 15) is 4.79 Å². The highest BCUT2D eigenvalue weighted by molar-refractivity contribution is 7.13. The van der Waals surface area contributed by atoms with Crippen LogP contribution in [-0.4, -0.2) is 28.8 Å². The van der Waals surface area contributed by atoms with Crippen LogP contribution in [0.4, 0.5) is 0 Å². The van der Waals surface area contributed by atoms with Crippen LogP contribution in [0, 0.1) is 12.8 Å². The van der Waals surface area contributed by atoms with Crippen molar-refractivity contribution in [2.75, 3.05) is 13.1 Å². The van der Waals surface area contributed by atoms with Crippen LogP contribution in [0.3, 0.4) is 0 Å². The Morgan fingerprint density at radius 1 is 1.26 bits per heavy atom. The van der Waals surface area contributed by atoms with Gasteiger partial charge in [-0.05, 0) is 68.6 Å². The van der Waals surface area contributed by atoms with Gasteiger partial charge in [0.2, 0.25) is 5.89 Å². The number of hydrogen-bond donors (Lipinski definition) is 0.